The van der Waals surface area contributed by atoms with E-state index in [2.05, 4.69) is 28.2 Å². The molecule has 0 spiro atoms. The van der Waals surface area contributed by atoms with Crippen molar-refractivity contribution >= 4 is 17.7 Å². The molecule has 0 radical (unpaired) electrons. The molecule has 7 heteroatoms. The molecule has 0 aliphatic heterocycles. The maximum Gasteiger partial charge on any atom is 0.387 e. The first-order valence-corrected chi connectivity index (χ1v) is 8.81. The van der Waals surface area contributed by atoms with Crippen molar-refractivity contribution in [3.63, 3.8) is 0 Å². The summed E-state index contributed by atoms with van der Waals surface area (Å²) in [4.78, 5) is 6.64. The van der Waals surface area contributed by atoms with Crippen LogP contribution in [0.1, 0.15) is 19.4 Å². The Labute approximate surface area is 141 Å². The van der Waals surface area contributed by atoms with Crippen LogP contribution in [-0.4, -0.2) is 49.1 Å². The number of aliphatic imine (C=N–C) groups is 1. The van der Waals surface area contributed by atoms with Gasteiger partial charge in [-0.3, -0.25) is 4.99 Å². The Morgan fingerprint density at radius 1 is 1.35 bits per heavy atom. The molecule has 0 heterocycles. The lowest BCUT2D eigenvalue weighted by molar-refractivity contribution is -0.0498. The minimum absolute atomic E-state index is 0.167. The van der Waals surface area contributed by atoms with Gasteiger partial charge in [0.05, 0.1) is 6.54 Å². The minimum atomic E-state index is -2.80. The number of halogens is 2. The van der Waals surface area contributed by atoms with Gasteiger partial charge in [-0.05, 0) is 30.9 Å². The molecule has 0 saturated carbocycles. The monoisotopic (exact) mass is 345 g/mol. The van der Waals surface area contributed by atoms with Crippen LogP contribution in [0.4, 0.5) is 8.78 Å². The summed E-state index contributed by atoms with van der Waals surface area (Å²) in [5, 5.41) is 3.72. The highest BCUT2D eigenvalue weighted by Crippen LogP contribution is 2.15. The second-order valence-electron chi connectivity index (χ2n) is 5.12. The van der Waals surface area contributed by atoms with Crippen LogP contribution >= 0.6 is 11.8 Å². The Balaban J connectivity index is 2.68. The Morgan fingerprint density at radius 3 is 2.52 bits per heavy atom. The lowest BCUT2D eigenvalue weighted by Crippen LogP contribution is -2.38. The highest BCUT2D eigenvalue weighted by atomic mass is 32.2. The highest BCUT2D eigenvalue weighted by Gasteiger charge is 2.09. The summed E-state index contributed by atoms with van der Waals surface area (Å²) in [6, 6.07) is 6.66. The first kappa shape index (κ1) is 19.5. The summed E-state index contributed by atoms with van der Waals surface area (Å²) in [6.45, 7) is 3.54. The Morgan fingerprint density at radius 2 is 2.00 bits per heavy atom. The van der Waals surface area contributed by atoms with Gasteiger partial charge in [0, 0.05) is 25.4 Å². The number of rotatable bonds is 8. The fraction of sp³-hybridized carbons (Fsp3) is 0.562. The largest absolute Gasteiger partial charge is 0.435 e. The molecule has 0 aromatic heterocycles. The lowest BCUT2D eigenvalue weighted by atomic mass is 10.2. The molecule has 1 atom stereocenters. The highest BCUT2D eigenvalue weighted by molar-refractivity contribution is 7.99. The molecule has 1 rings (SSSR count). The van der Waals surface area contributed by atoms with Gasteiger partial charge in [0.2, 0.25) is 0 Å². The van der Waals surface area contributed by atoms with Gasteiger partial charge in [0.25, 0.3) is 0 Å². The molecular weight excluding hydrogens is 320 g/mol. The molecule has 0 amide bonds. The number of benzene rings is 1. The number of ether oxygens (including phenoxy) is 1. The predicted molar refractivity (Wildman–Crippen MR) is 93.5 cm³/mol. The van der Waals surface area contributed by atoms with Gasteiger partial charge in [-0.25, -0.2) is 0 Å². The van der Waals surface area contributed by atoms with Crippen molar-refractivity contribution in [1.29, 1.82) is 0 Å². The number of nitrogens with zero attached hydrogens (tertiary/aromatic N) is 2. The first-order chi connectivity index (χ1) is 11.0. The SMILES string of the molecule is CCNC(=NCC(C)SC)N(C)Cc1ccc(OC(F)F)cc1. The van der Waals surface area contributed by atoms with Crippen molar-refractivity contribution in [1.82, 2.24) is 10.2 Å². The topological polar surface area (TPSA) is 36.9 Å². The summed E-state index contributed by atoms with van der Waals surface area (Å²) in [5.74, 6) is 1.00. The minimum Gasteiger partial charge on any atom is -0.435 e. The van der Waals surface area contributed by atoms with Crippen LogP contribution in [0.2, 0.25) is 0 Å². The summed E-state index contributed by atoms with van der Waals surface area (Å²) in [7, 11) is 1.95. The van der Waals surface area contributed by atoms with Crippen LogP contribution in [0.5, 0.6) is 5.75 Å². The third-order valence-corrected chi connectivity index (χ3v) is 4.12. The molecule has 1 aromatic rings. The van der Waals surface area contributed by atoms with Crippen LogP contribution in [0.25, 0.3) is 0 Å². The van der Waals surface area contributed by atoms with Gasteiger partial charge >= 0.3 is 6.61 Å². The maximum atomic E-state index is 12.1. The van der Waals surface area contributed by atoms with Crippen molar-refractivity contribution in [2.24, 2.45) is 4.99 Å². The van der Waals surface area contributed by atoms with E-state index in [0.717, 1.165) is 24.6 Å². The van der Waals surface area contributed by atoms with E-state index in [1.54, 1.807) is 36.0 Å². The standard InChI is InChI=1S/C16H25F2N3OS/c1-5-19-16(20-10-12(2)23-4)21(3)11-13-6-8-14(9-7-13)22-15(17)18/h6-9,12,15H,5,10-11H2,1-4H3,(H,19,20). The lowest BCUT2D eigenvalue weighted by Gasteiger charge is -2.22. The number of hydrogen-bond donors (Lipinski definition) is 1. The molecule has 23 heavy (non-hydrogen) atoms. The molecule has 0 fully saturated rings. The van der Waals surface area contributed by atoms with Gasteiger partial charge < -0.3 is 15.0 Å². The number of hydrogen-bond acceptors (Lipinski definition) is 3. The number of alkyl halides is 2. The van der Waals surface area contributed by atoms with E-state index in [9.17, 15) is 8.78 Å². The van der Waals surface area contributed by atoms with E-state index in [0.29, 0.717) is 11.8 Å². The van der Waals surface area contributed by atoms with E-state index < -0.39 is 6.61 Å². The Kier molecular flexibility index (Phi) is 8.76. The van der Waals surface area contributed by atoms with Crippen molar-refractivity contribution in [2.45, 2.75) is 32.3 Å². The molecular formula is C16H25F2N3OS. The molecule has 1 aromatic carbocycles. The van der Waals surface area contributed by atoms with Crippen LogP contribution in [0.3, 0.4) is 0 Å². The van der Waals surface area contributed by atoms with Crippen molar-refractivity contribution in [3.05, 3.63) is 29.8 Å². The van der Waals surface area contributed by atoms with Crippen LogP contribution in [0.15, 0.2) is 29.3 Å². The Hall–Kier alpha value is -1.50. The molecule has 1 unspecified atom stereocenters. The quantitative estimate of drug-likeness (QED) is 0.578. The predicted octanol–water partition coefficient (Wildman–Crippen LogP) is 3.44. The molecule has 130 valence electrons. The average Bonchev–Trinajstić information content (AvgIpc) is 2.52. The zero-order chi connectivity index (χ0) is 17.2. The molecule has 4 nitrogen and oxygen atoms in total. The van der Waals surface area contributed by atoms with E-state index >= 15 is 0 Å². The van der Waals surface area contributed by atoms with E-state index in [-0.39, 0.29) is 5.75 Å². The molecule has 0 aliphatic rings. The van der Waals surface area contributed by atoms with Gasteiger partial charge in [-0.15, -0.1) is 0 Å². The summed E-state index contributed by atoms with van der Waals surface area (Å²) in [6.07, 6.45) is 2.07. The summed E-state index contributed by atoms with van der Waals surface area (Å²) in [5.41, 5.74) is 0.998. The van der Waals surface area contributed by atoms with Gasteiger partial charge in [-0.1, -0.05) is 19.1 Å². The van der Waals surface area contributed by atoms with Crippen molar-refractivity contribution < 1.29 is 13.5 Å². The van der Waals surface area contributed by atoms with Crippen LogP contribution in [-0.2, 0) is 6.54 Å². The van der Waals surface area contributed by atoms with Gasteiger partial charge in [0.1, 0.15) is 5.75 Å². The van der Waals surface area contributed by atoms with E-state index in [1.807, 2.05) is 18.9 Å². The van der Waals surface area contributed by atoms with Crippen LogP contribution < -0.4 is 10.1 Å². The second kappa shape index (κ2) is 10.3. The normalized spacial score (nSPS) is 13.1. The molecule has 0 aliphatic carbocycles. The van der Waals surface area contributed by atoms with Gasteiger partial charge in [0.15, 0.2) is 5.96 Å². The maximum absolute atomic E-state index is 12.1. The second-order valence-corrected chi connectivity index (χ2v) is 6.40. The van der Waals surface area contributed by atoms with Crippen LogP contribution in [0, 0.1) is 0 Å². The zero-order valence-electron chi connectivity index (χ0n) is 14.1. The third kappa shape index (κ3) is 7.54. The third-order valence-electron chi connectivity index (χ3n) is 3.17. The van der Waals surface area contributed by atoms with Crippen molar-refractivity contribution in [3.8, 4) is 5.75 Å². The number of thioether (sulfide) groups is 1. The zero-order valence-corrected chi connectivity index (χ0v) is 14.9. The van der Waals surface area contributed by atoms with Crippen molar-refractivity contribution in [2.75, 3.05) is 26.4 Å². The fourth-order valence-corrected chi connectivity index (χ4v) is 2.11. The molecule has 0 saturated heterocycles. The summed E-state index contributed by atoms with van der Waals surface area (Å²) < 4.78 is 28.6. The van der Waals surface area contributed by atoms with Gasteiger partial charge in [-0.2, -0.15) is 20.5 Å². The van der Waals surface area contributed by atoms with E-state index in [4.69, 9.17) is 0 Å². The fourth-order valence-electron chi connectivity index (χ4n) is 1.88. The summed E-state index contributed by atoms with van der Waals surface area (Å²) >= 11 is 1.78. The number of nitrogens with one attached hydrogen (secondary N) is 1. The molecule has 0 bridgehead atoms. The number of guanidine groups is 1. The smallest absolute Gasteiger partial charge is 0.387 e. The van der Waals surface area contributed by atoms with E-state index in [1.165, 1.54) is 0 Å². The Bertz CT molecular complexity index is 483. The average molecular weight is 345 g/mol. The molecule has 1 N–H and O–H groups in total. The first-order valence-electron chi connectivity index (χ1n) is 7.52.